The molecule has 0 aromatic heterocycles. The van der Waals surface area contributed by atoms with Crippen molar-refractivity contribution >= 4 is 58.6 Å². The monoisotopic (exact) mass is 490 g/mol. The smallest absolute Gasteiger partial charge is 0.550 e. The Hall–Kier alpha value is -2.62. The minimum Gasteiger partial charge on any atom is -0.550 e. The van der Waals surface area contributed by atoms with E-state index in [0.29, 0.717) is 19.6 Å². The first-order chi connectivity index (χ1) is 14.6. The van der Waals surface area contributed by atoms with Gasteiger partial charge < -0.3 is 39.2 Å². The number of rotatable bonds is 11. The fourth-order valence-electron chi connectivity index (χ4n) is 1.40. The van der Waals surface area contributed by atoms with Crippen LogP contribution in [-0.4, -0.2) is 77.9 Å². The van der Waals surface area contributed by atoms with Gasteiger partial charge in [-0.3, -0.25) is 14.4 Å². The van der Waals surface area contributed by atoms with Crippen molar-refractivity contribution in [3.8, 4) is 0 Å². The fraction of sp³-hybridized carbons (Fsp3) is 0.650. The van der Waals surface area contributed by atoms with Gasteiger partial charge >= 0.3 is 23.3 Å². The molecular formula is C20H31AlO12. The zero-order valence-corrected chi connectivity index (χ0v) is 21.0. The number of ketones is 3. The maximum atomic E-state index is 11.0. The Labute approximate surface area is 203 Å². The average molecular weight is 490 g/mol. The molecule has 0 radical (unpaired) electrons. The van der Waals surface area contributed by atoms with Crippen molar-refractivity contribution in [1.29, 1.82) is 0 Å². The molecule has 1 atom stereocenters. The van der Waals surface area contributed by atoms with Crippen molar-refractivity contribution in [2.75, 3.05) is 13.2 Å². The van der Waals surface area contributed by atoms with Gasteiger partial charge in [-0.2, -0.15) is 0 Å². The van der Waals surface area contributed by atoms with E-state index in [4.69, 9.17) is 9.47 Å². The molecule has 12 nitrogen and oxygen atoms in total. The molecule has 0 spiro atoms. The molecule has 0 fully saturated rings. The van der Waals surface area contributed by atoms with E-state index in [1.54, 1.807) is 6.92 Å². The van der Waals surface area contributed by atoms with Gasteiger partial charge in [-0.1, -0.05) is 6.92 Å². The first kappa shape index (κ1) is 40.7. The number of aliphatic carboxylic acids is 3. The third kappa shape index (κ3) is 48.2. The number of ether oxygens (including phenoxy) is 2. The maximum absolute atomic E-state index is 11.0. The number of carbonyl (C=O) groups is 7. The van der Waals surface area contributed by atoms with Crippen LogP contribution in [0.2, 0.25) is 0 Å². The van der Waals surface area contributed by atoms with Crippen LogP contribution in [-0.2, 0) is 43.0 Å². The molecule has 0 aliphatic heterocycles. The van der Waals surface area contributed by atoms with Crippen molar-refractivity contribution in [2.45, 2.75) is 73.3 Å². The molecule has 0 aromatic rings. The normalized spacial score (nSPS) is 9.39. The van der Waals surface area contributed by atoms with Crippen LogP contribution >= 0.6 is 0 Å². The second-order valence-electron chi connectivity index (χ2n) is 5.86. The quantitative estimate of drug-likeness (QED) is 0.163. The van der Waals surface area contributed by atoms with Crippen LogP contribution < -0.4 is 15.3 Å². The fourth-order valence-corrected chi connectivity index (χ4v) is 1.40. The standard InChI is InChI=1S/C8H16O3.3C4H6O3.Al/c1-4-7(10-5-2)8(9)11-6-3;3*1-3(5)2-4(6)7;/h7H,4-6H2,1-3H3;3*2H2,1H3,(H,6,7);/q;;;;+3/p-3. The predicted octanol–water partition coefficient (Wildman–Crippen LogP) is -2.87. The Balaban J connectivity index is -0.000000107. The Kier molecular flexibility index (Phi) is 33.8. The van der Waals surface area contributed by atoms with Crippen molar-refractivity contribution in [3.05, 3.63) is 0 Å². The summed E-state index contributed by atoms with van der Waals surface area (Å²) in [6, 6.07) is 0. The van der Waals surface area contributed by atoms with Crippen LogP contribution in [0.5, 0.6) is 0 Å². The second-order valence-corrected chi connectivity index (χ2v) is 5.86. The van der Waals surface area contributed by atoms with E-state index in [1.807, 2.05) is 13.8 Å². The summed E-state index contributed by atoms with van der Waals surface area (Å²) in [5.74, 6) is -5.32. The van der Waals surface area contributed by atoms with Crippen LogP contribution in [0, 0.1) is 0 Å². The number of carboxylic acids is 3. The summed E-state index contributed by atoms with van der Waals surface area (Å²) in [4.78, 5) is 69.0. The first-order valence-electron chi connectivity index (χ1n) is 9.50. The van der Waals surface area contributed by atoms with Gasteiger partial charge in [0.15, 0.2) is 6.10 Å². The molecular weight excluding hydrogens is 459 g/mol. The Morgan fingerprint density at radius 3 is 1.06 bits per heavy atom. The van der Waals surface area contributed by atoms with Crippen LogP contribution in [0.1, 0.15) is 67.2 Å². The number of hydrogen-bond acceptors (Lipinski definition) is 12. The van der Waals surface area contributed by atoms with Crippen molar-refractivity contribution in [3.63, 3.8) is 0 Å². The van der Waals surface area contributed by atoms with Gasteiger partial charge in [-0.05, 0) is 41.0 Å². The molecule has 186 valence electrons. The molecule has 0 aliphatic rings. The summed E-state index contributed by atoms with van der Waals surface area (Å²) < 4.78 is 9.91. The Morgan fingerprint density at radius 2 is 0.939 bits per heavy atom. The van der Waals surface area contributed by atoms with Crippen molar-refractivity contribution in [1.82, 2.24) is 0 Å². The summed E-state index contributed by atoms with van der Waals surface area (Å²) in [7, 11) is 0. The van der Waals surface area contributed by atoms with Gasteiger partial charge in [0.05, 0.1) is 6.61 Å². The van der Waals surface area contributed by atoms with Gasteiger partial charge in [0.25, 0.3) is 0 Å². The Morgan fingerprint density at radius 1 is 0.636 bits per heavy atom. The summed E-state index contributed by atoms with van der Waals surface area (Å²) in [6.45, 7) is 10.1. The number of carboxylic acid groups (broad SMARTS) is 3. The van der Waals surface area contributed by atoms with E-state index in [9.17, 15) is 48.9 Å². The molecule has 33 heavy (non-hydrogen) atoms. The molecule has 0 saturated carbocycles. The third-order valence-electron chi connectivity index (χ3n) is 2.47. The second kappa shape index (κ2) is 27.4. The number of Topliss-reactive ketones (excluding diaryl/α,β-unsaturated/α-hetero) is 3. The predicted molar refractivity (Wildman–Crippen MR) is 109 cm³/mol. The molecule has 13 heteroatoms. The van der Waals surface area contributed by atoms with E-state index in [-0.39, 0.29) is 46.8 Å². The van der Waals surface area contributed by atoms with Gasteiger partial charge in [0, 0.05) is 43.8 Å². The van der Waals surface area contributed by atoms with Gasteiger partial charge in [0.1, 0.15) is 17.3 Å². The van der Waals surface area contributed by atoms with Crippen LogP contribution in [0.15, 0.2) is 0 Å². The molecule has 1 unspecified atom stereocenters. The molecule has 0 rings (SSSR count). The molecule has 0 N–H and O–H groups in total. The van der Waals surface area contributed by atoms with E-state index < -0.39 is 37.2 Å². The molecule has 0 amide bonds. The molecule has 0 aromatic carbocycles. The van der Waals surface area contributed by atoms with Gasteiger partial charge in [-0.25, -0.2) is 4.79 Å². The van der Waals surface area contributed by atoms with Crippen LogP contribution in [0.3, 0.4) is 0 Å². The largest absolute Gasteiger partial charge is 3.00 e. The molecule has 0 bridgehead atoms. The summed E-state index contributed by atoms with van der Waals surface area (Å²) in [5.41, 5.74) is 0. The maximum Gasteiger partial charge on any atom is 3.00 e. The van der Waals surface area contributed by atoms with E-state index >= 15 is 0 Å². The van der Waals surface area contributed by atoms with E-state index in [1.165, 1.54) is 20.8 Å². The summed E-state index contributed by atoms with van der Waals surface area (Å²) in [5, 5.41) is 28.4. The summed E-state index contributed by atoms with van der Waals surface area (Å²) in [6.07, 6.45) is -1.12. The summed E-state index contributed by atoms with van der Waals surface area (Å²) >= 11 is 0. The van der Waals surface area contributed by atoms with E-state index in [0.717, 1.165) is 0 Å². The molecule has 0 saturated heterocycles. The average Bonchev–Trinajstić information content (AvgIpc) is 2.57. The minimum atomic E-state index is -1.31. The molecule has 0 heterocycles. The SMILES string of the molecule is CC(=O)CC(=O)[O-].CC(=O)CC(=O)[O-].CC(=O)CC(=O)[O-].CCOC(=O)C(CC)OCC.[Al+3]. The number of hydrogen-bond donors (Lipinski definition) is 0. The minimum absolute atomic E-state index is 0. The van der Waals surface area contributed by atoms with Crippen LogP contribution in [0.25, 0.3) is 0 Å². The van der Waals surface area contributed by atoms with Gasteiger partial charge in [-0.15, -0.1) is 0 Å². The van der Waals surface area contributed by atoms with Gasteiger partial charge in [0.2, 0.25) is 0 Å². The van der Waals surface area contributed by atoms with Crippen molar-refractivity contribution in [2.24, 2.45) is 0 Å². The third-order valence-corrected chi connectivity index (χ3v) is 2.47. The topological polar surface area (TPSA) is 207 Å². The van der Waals surface area contributed by atoms with Crippen molar-refractivity contribution < 1.29 is 58.4 Å². The number of esters is 1. The molecule has 0 aliphatic carbocycles. The zero-order valence-electron chi connectivity index (χ0n) is 19.8. The first-order valence-corrected chi connectivity index (χ1v) is 9.50. The Bertz CT molecular complexity index is 518. The number of carbonyl (C=O) groups excluding carboxylic acids is 7. The van der Waals surface area contributed by atoms with E-state index in [2.05, 4.69) is 0 Å². The zero-order chi connectivity index (χ0) is 26.3. The van der Waals surface area contributed by atoms with Crippen LogP contribution in [0.4, 0.5) is 0 Å².